The molecule has 21 heavy (non-hydrogen) atoms. The number of amides is 2. The van der Waals surface area contributed by atoms with Gasteiger partial charge >= 0.3 is 0 Å². The minimum Gasteiger partial charge on any atom is -0.330 e. The summed E-state index contributed by atoms with van der Waals surface area (Å²) in [6.07, 6.45) is 0.779. The van der Waals surface area contributed by atoms with Crippen LogP contribution in [0.4, 0.5) is 5.69 Å². The van der Waals surface area contributed by atoms with Crippen LogP contribution in [0.3, 0.4) is 0 Å². The number of hydrogen-bond donors (Lipinski definition) is 2. The predicted octanol–water partition coefficient (Wildman–Crippen LogP) is 2.02. The third-order valence-corrected chi connectivity index (χ3v) is 3.03. The zero-order valence-electron chi connectivity index (χ0n) is 12.7. The molecule has 0 aliphatic heterocycles. The highest BCUT2D eigenvalue weighted by molar-refractivity contribution is 5.97. The standard InChI is InChI=1S/C15H23N3O2.ClH/c1-4-10-18(15(20)11(2)16)12(3)14(19)17-13-8-6-5-7-9-13;/h5-9,11-12H,4,10,16H2,1-3H3,(H,17,19);1H/t11-,12?;/m0./s1. The van der Waals surface area contributed by atoms with Gasteiger partial charge in [0.05, 0.1) is 6.04 Å². The molecule has 0 saturated heterocycles. The van der Waals surface area contributed by atoms with Gasteiger partial charge < -0.3 is 16.0 Å². The van der Waals surface area contributed by atoms with Gasteiger partial charge in [-0.05, 0) is 32.4 Å². The summed E-state index contributed by atoms with van der Waals surface area (Å²) < 4.78 is 0. The summed E-state index contributed by atoms with van der Waals surface area (Å²) in [5.74, 6) is -0.416. The van der Waals surface area contributed by atoms with Crippen molar-refractivity contribution >= 4 is 29.9 Å². The van der Waals surface area contributed by atoms with E-state index >= 15 is 0 Å². The van der Waals surface area contributed by atoms with Gasteiger partial charge in [-0.25, -0.2) is 0 Å². The molecule has 1 aromatic carbocycles. The number of nitrogens with one attached hydrogen (secondary N) is 1. The quantitative estimate of drug-likeness (QED) is 0.843. The number of anilines is 1. The lowest BCUT2D eigenvalue weighted by atomic mass is 10.2. The average molecular weight is 314 g/mol. The van der Waals surface area contributed by atoms with Gasteiger partial charge in [0, 0.05) is 12.2 Å². The SMILES string of the molecule is CCCN(C(=O)[C@H](C)N)C(C)C(=O)Nc1ccccc1.Cl. The molecule has 118 valence electrons. The second-order valence-electron chi connectivity index (χ2n) is 4.85. The third kappa shape index (κ3) is 5.73. The molecule has 0 radical (unpaired) electrons. The van der Waals surface area contributed by atoms with E-state index < -0.39 is 12.1 Å². The van der Waals surface area contributed by atoms with Crippen LogP contribution in [0.1, 0.15) is 27.2 Å². The molecule has 0 bridgehead atoms. The number of hydrogen-bond acceptors (Lipinski definition) is 3. The Morgan fingerprint density at radius 3 is 2.29 bits per heavy atom. The van der Waals surface area contributed by atoms with Gasteiger partial charge in [-0.1, -0.05) is 25.1 Å². The first-order chi connectivity index (χ1) is 9.47. The van der Waals surface area contributed by atoms with E-state index in [2.05, 4.69) is 5.32 Å². The van der Waals surface area contributed by atoms with Gasteiger partial charge in [0.25, 0.3) is 0 Å². The number of rotatable bonds is 6. The summed E-state index contributed by atoms with van der Waals surface area (Å²) in [4.78, 5) is 25.8. The van der Waals surface area contributed by atoms with Crippen molar-refractivity contribution in [3.63, 3.8) is 0 Å². The van der Waals surface area contributed by atoms with Crippen molar-refractivity contribution in [2.75, 3.05) is 11.9 Å². The van der Waals surface area contributed by atoms with Crippen LogP contribution in [0, 0.1) is 0 Å². The number of nitrogens with zero attached hydrogens (tertiary/aromatic N) is 1. The summed E-state index contributed by atoms with van der Waals surface area (Å²) in [7, 11) is 0. The molecule has 5 nitrogen and oxygen atoms in total. The number of benzene rings is 1. The topological polar surface area (TPSA) is 75.4 Å². The van der Waals surface area contributed by atoms with Crippen molar-refractivity contribution < 1.29 is 9.59 Å². The molecule has 1 unspecified atom stereocenters. The lowest BCUT2D eigenvalue weighted by Gasteiger charge is -2.29. The van der Waals surface area contributed by atoms with E-state index in [4.69, 9.17) is 5.73 Å². The summed E-state index contributed by atoms with van der Waals surface area (Å²) in [5.41, 5.74) is 6.35. The smallest absolute Gasteiger partial charge is 0.246 e. The van der Waals surface area contributed by atoms with Gasteiger partial charge in [-0.2, -0.15) is 0 Å². The van der Waals surface area contributed by atoms with Gasteiger partial charge in [-0.3, -0.25) is 9.59 Å². The molecule has 1 aromatic rings. The summed E-state index contributed by atoms with van der Waals surface area (Å²) >= 11 is 0. The molecule has 0 heterocycles. The van der Waals surface area contributed by atoms with Gasteiger partial charge in [0.15, 0.2) is 0 Å². The van der Waals surface area contributed by atoms with E-state index in [0.717, 1.165) is 6.42 Å². The fraction of sp³-hybridized carbons (Fsp3) is 0.467. The zero-order valence-corrected chi connectivity index (χ0v) is 13.5. The molecule has 0 saturated carbocycles. The number of carbonyl (C=O) groups excluding carboxylic acids is 2. The molecule has 2 atom stereocenters. The van der Waals surface area contributed by atoms with E-state index in [1.165, 1.54) is 4.90 Å². The Bertz CT molecular complexity index is 451. The highest BCUT2D eigenvalue weighted by Gasteiger charge is 2.26. The van der Waals surface area contributed by atoms with Gasteiger partial charge in [0.1, 0.15) is 6.04 Å². The Morgan fingerprint density at radius 1 is 1.24 bits per heavy atom. The molecular formula is C15H24ClN3O2. The normalized spacial score (nSPS) is 12.8. The Kier molecular flexibility index (Phi) is 8.66. The van der Waals surface area contributed by atoms with Crippen LogP contribution in [0.25, 0.3) is 0 Å². The minimum absolute atomic E-state index is 0. The molecule has 3 N–H and O–H groups in total. The Morgan fingerprint density at radius 2 is 1.81 bits per heavy atom. The maximum absolute atomic E-state index is 12.2. The average Bonchev–Trinajstić information content (AvgIpc) is 2.44. The molecule has 6 heteroatoms. The van der Waals surface area contributed by atoms with E-state index in [0.29, 0.717) is 12.2 Å². The maximum Gasteiger partial charge on any atom is 0.246 e. The lowest BCUT2D eigenvalue weighted by Crippen LogP contribution is -2.51. The van der Waals surface area contributed by atoms with Crippen LogP contribution < -0.4 is 11.1 Å². The fourth-order valence-corrected chi connectivity index (χ4v) is 1.91. The van der Waals surface area contributed by atoms with E-state index in [-0.39, 0.29) is 24.2 Å². The molecule has 0 spiro atoms. The number of para-hydroxylation sites is 1. The van der Waals surface area contributed by atoms with Crippen LogP contribution in [-0.4, -0.2) is 35.3 Å². The molecule has 0 aliphatic rings. The molecule has 0 fully saturated rings. The number of halogens is 1. The van der Waals surface area contributed by atoms with Crippen molar-refractivity contribution in [2.45, 2.75) is 39.3 Å². The van der Waals surface area contributed by atoms with Crippen molar-refractivity contribution in [3.8, 4) is 0 Å². The van der Waals surface area contributed by atoms with Crippen LogP contribution in [0.2, 0.25) is 0 Å². The number of nitrogens with two attached hydrogens (primary N) is 1. The highest BCUT2D eigenvalue weighted by atomic mass is 35.5. The van der Waals surface area contributed by atoms with Crippen molar-refractivity contribution in [3.05, 3.63) is 30.3 Å². The lowest BCUT2D eigenvalue weighted by molar-refractivity contribution is -0.138. The molecule has 1 rings (SSSR count). The Balaban J connectivity index is 0.00000400. The van der Waals surface area contributed by atoms with Gasteiger partial charge in [-0.15, -0.1) is 12.4 Å². The van der Waals surface area contributed by atoms with Crippen molar-refractivity contribution in [1.82, 2.24) is 4.90 Å². The highest BCUT2D eigenvalue weighted by Crippen LogP contribution is 2.09. The van der Waals surface area contributed by atoms with Crippen LogP contribution in [0.15, 0.2) is 30.3 Å². The predicted molar refractivity (Wildman–Crippen MR) is 87.4 cm³/mol. The first-order valence-corrected chi connectivity index (χ1v) is 6.89. The Labute approximate surface area is 132 Å². The zero-order chi connectivity index (χ0) is 15.1. The first-order valence-electron chi connectivity index (χ1n) is 6.89. The first kappa shape index (κ1) is 19.4. The molecule has 0 aliphatic carbocycles. The summed E-state index contributed by atoms with van der Waals surface area (Å²) in [5, 5.41) is 2.80. The monoisotopic (exact) mass is 313 g/mol. The van der Waals surface area contributed by atoms with E-state index in [1.54, 1.807) is 13.8 Å². The molecular weight excluding hydrogens is 290 g/mol. The molecule has 0 aromatic heterocycles. The molecule has 2 amide bonds. The largest absolute Gasteiger partial charge is 0.330 e. The van der Waals surface area contributed by atoms with Crippen molar-refractivity contribution in [2.24, 2.45) is 5.73 Å². The van der Waals surface area contributed by atoms with Crippen molar-refractivity contribution in [1.29, 1.82) is 0 Å². The second kappa shape index (κ2) is 9.37. The second-order valence-corrected chi connectivity index (χ2v) is 4.85. The van der Waals surface area contributed by atoms with E-state index in [1.807, 2.05) is 37.3 Å². The van der Waals surface area contributed by atoms with Crippen LogP contribution in [0.5, 0.6) is 0 Å². The Hall–Kier alpha value is -1.59. The van der Waals surface area contributed by atoms with E-state index in [9.17, 15) is 9.59 Å². The van der Waals surface area contributed by atoms with Gasteiger partial charge in [0.2, 0.25) is 11.8 Å². The maximum atomic E-state index is 12.2. The summed E-state index contributed by atoms with van der Waals surface area (Å²) in [6.45, 7) is 5.83. The summed E-state index contributed by atoms with van der Waals surface area (Å²) in [6, 6.07) is 8.03. The van der Waals surface area contributed by atoms with Crippen LogP contribution in [-0.2, 0) is 9.59 Å². The van der Waals surface area contributed by atoms with Crippen LogP contribution >= 0.6 is 12.4 Å². The third-order valence-electron chi connectivity index (χ3n) is 3.03. The fourth-order valence-electron chi connectivity index (χ4n) is 1.91. The minimum atomic E-state index is -0.603. The number of carbonyl (C=O) groups is 2.